The van der Waals surface area contributed by atoms with Crippen molar-refractivity contribution in [3.63, 3.8) is 0 Å². The van der Waals surface area contributed by atoms with Crippen molar-refractivity contribution in [1.29, 1.82) is 0 Å². The minimum absolute atomic E-state index is 0.263. The fraction of sp³-hybridized carbons (Fsp3) is 0.706. The third-order valence-corrected chi connectivity index (χ3v) is 6.20. The van der Waals surface area contributed by atoms with Crippen LogP contribution in [-0.2, 0) is 4.74 Å². The summed E-state index contributed by atoms with van der Waals surface area (Å²) < 4.78 is 5.46. The van der Waals surface area contributed by atoms with E-state index in [9.17, 15) is 4.79 Å². The fourth-order valence-electron chi connectivity index (χ4n) is 3.85. The molecular weight excluding hydrogens is 296 g/mol. The minimum atomic E-state index is 0.263. The van der Waals surface area contributed by atoms with Crippen molar-refractivity contribution in [2.75, 3.05) is 39.4 Å². The zero-order valence-electron chi connectivity index (χ0n) is 13.2. The number of hydrogen-bond acceptors (Lipinski definition) is 4. The first kappa shape index (κ1) is 14.7. The van der Waals surface area contributed by atoms with E-state index < -0.39 is 0 Å². The number of likely N-dealkylation sites (tertiary alicyclic amines) is 1. The monoisotopic (exact) mass is 320 g/mol. The van der Waals surface area contributed by atoms with E-state index in [0.717, 1.165) is 44.3 Å². The first-order chi connectivity index (χ1) is 10.7. The van der Waals surface area contributed by atoms with E-state index in [-0.39, 0.29) is 5.91 Å². The highest BCUT2D eigenvalue weighted by atomic mass is 32.1. The second-order valence-electron chi connectivity index (χ2n) is 6.88. The summed E-state index contributed by atoms with van der Waals surface area (Å²) in [6.45, 7) is 7.71. The average molecular weight is 320 g/mol. The van der Waals surface area contributed by atoms with Crippen LogP contribution in [0.5, 0.6) is 0 Å². The van der Waals surface area contributed by atoms with E-state index in [0.29, 0.717) is 17.9 Å². The third kappa shape index (κ3) is 2.70. The number of carbonyl (C=O) groups excluding carboxylic acids is 1. The zero-order chi connectivity index (χ0) is 15.1. The molecule has 0 radical (unpaired) electrons. The van der Waals surface area contributed by atoms with Crippen molar-refractivity contribution in [1.82, 2.24) is 9.80 Å². The number of ether oxygens (including phenoxy) is 1. The quantitative estimate of drug-likeness (QED) is 0.857. The fourth-order valence-corrected chi connectivity index (χ4v) is 4.80. The number of morpholine rings is 1. The Kier molecular flexibility index (Phi) is 3.96. The van der Waals surface area contributed by atoms with Crippen LogP contribution in [0.25, 0.3) is 0 Å². The molecule has 1 amide bonds. The van der Waals surface area contributed by atoms with Gasteiger partial charge in [-0.25, -0.2) is 0 Å². The van der Waals surface area contributed by atoms with Crippen LogP contribution < -0.4 is 0 Å². The van der Waals surface area contributed by atoms with Crippen LogP contribution in [-0.4, -0.2) is 61.1 Å². The van der Waals surface area contributed by atoms with Gasteiger partial charge in [0.2, 0.25) is 0 Å². The standard InChI is InChI=1S/C17H24N2O2S/c1-12-10-19(11-15(12)18-5-7-21-8-6-18)17(20)16-14(4-9-22-16)13-2-3-13/h4,9,12-13,15H,2-3,5-8,10-11H2,1H3/t12-,15-/m0/s1. The molecule has 2 saturated heterocycles. The van der Waals surface area contributed by atoms with Gasteiger partial charge >= 0.3 is 0 Å². The van der Waals surface area contributed by atoms with Gasteiger partial charge in [-0.1, -0.05) is 6.92 Å². The highest BCUT2D eigenvalue weighted by molar-refractivity contribution is 7.12. The van der Waals surface area contributed by atoms with E-state index in [2.05, 4.69) is 28.2 Å². The van der Waals surface area contributed by atoms with Crippen LogP contribution in [0.4, 0.5) is 0 Å². The maximum atomic E-state index is 12.9. The van der Waals surface area contributed by atoms with Gasteiger partial charge in [0.15, 0.2) is 0 Å². The molecule has 0 N–H and O–H groups in total. The summed E-state index contributed by atoms with van der Waals surface area (Å²) >= 11 is 1.63. The van der Waals surface area contributed by atoms with E-state index in [1.807, 2.05) is 0 Å². The smallest absolute Gasteiger partial charge is 0.264 e. The Morgan fingerprint density at radius 2 is 2.05 bits per heavy atom. The average Bonchev–Trinajstić information content (AvgIpc) is 3.14. The van der Waals surface area contributed by atoms with Crippen molar-refractivity contribution in [3.8, 4) is 0 Å². The first-order valence-corrected chi connectivity index (χ1v) is 9.30. The van der Waals surface area contributed by atoms with Crippen molar-refractivity contribution in [2.45, 2.75) is 31.7 Å². The molecule has 1 aromatic heterocycles. The molecule has 1 aliphatic carbocycles. The van der Waals surface area contributed by atoms with Gasteiger partial charge in [-0.2, -0.15) is 0 Å². The topological polar surface area (TPSA) is 32.8 Å². The van der Waals surface area contributed by atoms with E-state index in [1.165, 1.54) is 18.4 Å². The molecule has 2 atom stereocenters. The van der Waals surface area contributed by atoms with Crippen molar-refractivity contribution < 1.29 is 9.53 Å². The lowest BCUT2D eigenvalue weighted by Crippen LogP contribution is -2.47. The van der Waals surface area contributed by atoms with Gasteiger partial charge in [-0.3, -0.25) is 9.69 Å². The molecule has 0 aromatic carbocycles. The Morgan fingerprint density at radius 1 is 1.27 bits per heavy atom. The van der Waals surface area contributed by atoms with Crippen LogP contribution in [0, 0.1) is 5.92 Å². The molecule has 5 heteroatoms. The molecule has 4 nitrogen and oxygen atoms in total. The maximum Gasteiger partial charge on any atom is 0.264 e. The number of rotatable bonds is 3. The Labute approximate surface area is 136 Å². The van der Waals surface area contributed by atoms with Crippen molar-refractivity contribution in [3.05, 3.63) is 21.9 Å². The van der Waals surface area contributed by atoms with Crippen LogP contribution in [0.1, 0.15) is 40.9 Å². The summed E-state index contributed by atoms with van der Waals surface area (Å²) in [7, 11) is 0. The normalized spacial score (nSPS) is 30.0. The van der Waals surface area contributed by atoms with Crippen LogP contribution in [0.15, 0.2) is 11.4 Å². The number of nitrogens with zero attached hydrogens (tertiary/aromatic N) is 2. The Morgan fingerprint density at radius 3 is 2.77 bits per heavy atom. The van der Waals surface area contributed by atoms with Crippen LogP contribution in [0.3, 0.4) is 0 Å². The van der Waals surface area contributed by atoms with Gasteiger partial charge in [0.1, 0.15) is 0 Å². The largest absolute Gasteiger partial charge is 0.379 e. The third-order valence-electron chi connectivity index (χ3n) is 5.28. The van der Waals surface area contributed by atoms with Crippen LogP contribution in [0.2, 0.25) is 0 Å². The number of thiophene rings is 1. The predicted octanol–water partition coefficient (Wildman–Crippen LogP) is 2.42. The predicted molar refractivity (Wildman–Crippen MR) is 87.5 cm³/mol. The molecule has 4 rings (SSSR count). The summed E-state index contributed by atoms with van der Waals surface area (Å²) in [5.41, 5.74) is 1.30. The molecule has 1 aromatic rings. The molecule has 3 fully saturated rings. The molecule has 0 spiro atoms. The Hall–Kier alpha value is -0.910. The van der Waals surface area contributed by atoms with Gasteiger partial charge in [-0.05, 0) is 41.7 Å². The van der Waals surface area contributed by atoms with Crippen molar-refractivity contribution >= 4 is 17.2 Å². The molecule has 1 saturated carbocycles. The van der Waals surface area contributed by atoms with Crippen molar-refractivity contribution in [2.24, 2.45) is 5.92 Å². The lowest BCUT2D eigenvalue weighted by atomic mass is 10.0. The van der Waals surface area contributed by atoms with Gasteiger partial charge in [0.05, 0.1) is 18.1 Å². The molecule has 3 heterocycles. The first-order valence-electron chi connectivity index (χ1n) is 8.42. The SMILES string of the molecule is C[C@H]1CN(C(=O)c2sccc2C2CC2)C[C@@H]1N1CCOCC1. The highest BCUT2D eigenvalue weighted by Gasteiger charge is 2.38. The minimum Gasteiger partial charge on any atom is -0.379 e. The number of carbonyl (C=O) groups is 1. The second-order valence-corrected chi connectivity index (χ2v) is 7.80. The van der Waals surface area contributed by atoms with Gasteiger partial charge < -0.3 is 9.64 Å². The maximum absolute atomic E-state index is 12.9. The lowest BCUT2D eigenvalue weighted by molar-refractivity contribution is 0.0119. The number of amides is 1. The Balaban J connectivity index is 1.46. The Bertz CT molecular complexity index is 549. The molecule has 0 unspecified atom stereocenters. The summed E-state index contributed by atoms with van der Waals surface area (Å²) in [6, 6.07) is 2.66. The van der Waals surface area contributed by atoms with E-state index in [1.54, 1.807) is 11.3 Å². The molecule has 0 bridgehead atoms. The zero-order valence-corrected chi connectivity index (χ0v) is 14.0. The van der Waals surface area contributed by atoms with Crippen LogP contribution >= 0.6 is 11.3 Å². The van der Waals surface area contributed by atoms with Gasteiger partial charge in [-0.15, -0.1) is 11.3 Å². The molecule has 22 heavy (non-hydrogen) atoms. The number of hydrogen-bond donors (Lipinski definition) is 0. The van der Waals surface area contributed by atoms with E-state index in [4.69, 9.17) is 4.74 Å². The lowest BCUT2D eigenvalue weighted by Gasteiger charge is -2.33. The van der Waals surface area contributed by atoms with Gasteiger partial charge in [0.25, 0.3) is 5.91 Å². The summed E-state index contributed by atoms with van der Waals surface area (Å²) in [4.78, 5) is 18.5. The second kappa shape index (κ2) is 5.95. The summed E-state index contributed by atoms with van der Waals surface area (Å²) in [5.74, 6) is 1.46. The van der Waals surface area contributed by atoms with Gasteiger partial charge in [0, 0.05) is 32.2 Å². The summed E-state index contributed by atoms with van der Waals surface area (Å²) in [6.07, 6.45) is 2.51. The molecular formula is C17H24N2O2S. The van der Waals surface area contributed by atoms with E-state index >= 15 is 0 Å². The molecule has 3 aliphatic rings. The highest BCUT2D eigenvalue weighted by Crippen LogP contribution is 2.43. The molecule has 120 valence electrons. The summed E-state index contributed by atoms with van der Waals surface area (Å²) in [5, 5.41) is 2.08. The molecule has 2 aliphatic heterocycles.